The number of anilines is 1. The highest BCUT2D eigenvalue weighted by Gasteiger charge is 2.35. The summed E-state index contributed by atoms with van der Waals surface area (Å²) in [4.78, 5) is 12.6. The minimum atomic E-state index is -4.56. The number of benzene rings is 1. The van der Waals surface area contributed by atoms with E-state index in [2.05, 4.69) is 0 Å². The van der Waals surface area contributed by atoms with Crippen molar-refractivity contribution in [1.29, 1.82) is 0 Å². The van der Waals surface area contributed by atoms with E-state index < -0.39 is 23.5 Å². The van der Waals surface area contributed by atoms with Crippen molar-refractivity contribution < 1.29 is 22.7 Å². The Bertz CT molecular complexity index is 463. The van der Waals surface area contributed by atoms with Crippen molar-refractivity contribution in [2.45, 2.75) is 26.1 Å². The molecule has 0 bridgehead atoms. The van der Waals surface area contributed by atoms with Crippen LogP contribution in [0.5, 0.6) is 0 Å². The zero-order valence-electron chi connectivity index (χ0n) is 11.1. The Balaban J connectivity index is 3.17. The average molecular weight is 310 g/mol. The molecule has 0 radical (unpaired) electrons. The van der Waals surface area contributed by atoms with Crippen LogP contribution in [0, 0.1) is 0 Å². The van der Waals surface area contributed by atoms with Gasteiger partial charge in [-0.25, -0.2) is 0 Å². The van der Waals surface area contributed by atoms with E-state index in [1.807, 2.05) is 0 Å². The Morgan fingerprint density at radius 3 is 2.45 bits per heavy atom. The fraction of sp³-hybridized carbons (Fsp3) is 0.462. The normalized spacial score (nSPS) is 11.8. The molecule has 0 aromatic heterocycles. The van der Waals surface area contributed by atoms with Crippen LogP contribution in [0.25, 0.3) is 0 Å². The second-order valence-corrected chi connectivity index (χ2v) is 4.58. The number of nitrogens with zero attached hydrogens (tertiary/aromatic N) is 1. The van der Waals surface area contributed by atoms with Gasteiger partial charge in [-0.05, 0) is 26.0 Å². The number of para-hydroxylation sites is 1. The number of carbonyl (C=O) groups excluding carboxylic acids is 1. The van der Waals surface area contributed by atoms with E-state index in [1.54, 1.807) is 13.8 Å². The molecule has 1 amide bonds. The van der Waals surface area contributed by atoms with E-state index in [0.29, 0.717) is 0 Å². The first-order valence-corrected chi connectivity index (χ1v) is 6.45. The van der Waals surface area contributed by atoms with Crippen molar-refractivity contribution in [3.05, 3.63) is 29.8 Å². The standard InChI is InChI=1S/C13H15ClF3NO2/c1-9(2)20-8-18(12(19)7-14)11-6-4-3-5-10(11)13(15,16)17/h3-6,9H,7-8H2,1-2H3. The molecule has 1 rings (SSSR count). The zero-order valence-corrected chi connectivity index (χ0v) is 11.8. The van der Waals surface area contributed by atoms with Gasteiger partial charge in [0.1, 0.15) is 12.6 Å². The predicted molar refractivity (Wildman–Crippen MR) is 70.7 cm³/mol. The van der Waals surface area contributed by atoms with Gasteiger partial charge in [0.25, 0.3) is 0 Å². The van der Waals surface area contributed by atoms with Crippen molar-refractivity contribution in [2.24, 2.45) is 0 Å². The Hall–Kier alpha value is -1.27. The molecule has 0 fully saturated rings. The first-order valence-electron chi connectivity index (χ1n) is 5.91. The monoisotopic (exact) mass is 309 g/mol. The lowest BCUT2D eigenvalue weighted by molar-refractivity contribution is -0.137. The third kappa shape index (κ3) is 4.38. The van der Waals surface area contributed by atoms with Crippen LogP contribution in [0.15, 0.2) is 24.3 Å². The molecule has 0 N–H and O–H groups in total. The summed E-state index contributed by atoms with van der Waals surface area (Å²) < 4.78 is 44.1. The number of hydrogen-bond acceptors (Lipinski definition) is 2. The van der Waals surface area contributed by atoms with Crippen molar-refractivity contribution in [3.63, 3.8) is 0 Å². The van der Waals surface area contributed by atoms with Crippen LogP contribution in [0.3, 0.4) is 0 Å². The lowest BCUT2D eigenvalue weighted by atomic mass is 10.1. The minimum absolute atomic E-state index is 0.223. The molecule has 7 heteroatoms. The molecule has 0 aliphatic heterocycles. The summed E-state index contributed by atoms with van der Waals surface area (Å²) >= 11 is 5.45. The van der Waals surface area contributed by atoms with Gasteiger partial charge in [-0.15, -0.1) is 11.6 Å². The molecule has 0 unspecified atom stereocenters. The van der Waals surface area contributed by atoms with E-state index in [0.717, 1.165) is 11.0 Å². The largest absolute Gasteiger partial charge is 0.418 e. The van der Waals surface area contributed by atoms with Gasteiger partial charge >= 0.3 is 6.18 Å². The minimum Gasteiger partial charge on any atom is -0.358 e. The summed E-state index contributed by atoms with van der Waals surface area (Å²) in [5.41, 5.74) is -1.16. The molecule has 1 aromatic carbocycles. The molecule has 3 nitrogen and oxygen atoms in total. The smallest absolute Gasteiger partial charge is 0.358 e. The molecule has 0 atom stereocenters. The Morgan fingerprint density at radius 2 is 1.95 bits per heavy atom. The van der Waals surface area contributed by atoms with E-state index >= 15 is 0 Å². The second-order valence-electron chi connectivity index (χ2n) is 4.31. The molecule has 0 saturated carbocycles. The Morgan fingerprint density at radius 1 is 1.35 bits per heavy atom. The molecule has 0 heterocycles. The third-order valence-corrected chi connectivity index (χ3v) is 2.68. The molecule has 0 saturated heterocycles. The van der Waals surface area contributed by atoms with Gasteiger partial charge < -0.3 is 4.74 Å². The van der Waals surface area contributed by atoms with Gasteiger partial charge in [-0.3, -0.25) is 9.69 Å². The van der Waals surface area contributed by atoms with Crippen LogP contribution in [0.1, 0.15) is 19.4 Å². The number of amides is 1. The second kappa shape index (κ2) is 6.95. The first-order chi connectivity index (χ1) is 9.27. The number of carbonyl (C=O) groups is 1. The Labute approximate surface area is 120 Å². The zero-order chi connectivity index (χ0) is 15.3. The summed E-state index contributed by atoms with van der Waals surface area (Å²) in [6.07, 6.45) is -4.78. The van der Waals surface area contributed by atoms with Gasteiger partial charge in [0.05, 0.1) is 17.4 Å². The van der Waals surface area contributed by atoms with Gasteiger partial charge in [0, 0.05) is 0 Å². The number of hydrogen-bond donors (Lipinski definition) is 0. The molecule has 1 aromatic rings. The summed E-state index contributed by atoms with van der Waals surface area (Å²) in [7, 11) is 0. The van der Waals surface area contributed by atoms with E-state index in [1.165, 1.54) is 18.2 Å². The number of ether oxygens (including phenoxy) is 1. The summed E-state index contributed by atoms with van der Waals surface area (Å²) in [5, 5.41) is 0. The summed E-state index contributed by atoms with van der Waals surface area (Å²) in [5.74, 6) is -1.07. The highest BCUT2D eigenvalue weighted by Crippen LogP contribution is 2.36. The van der Waals surface area contributed by atoms with Crippen LogP contribution in [0.4, 0.5) is 18.9 Å². The van der Waals surface area contributed by atoms with Crippen molar-refractivity contribution >= 4 is 23.2 Å². The van der Waals surface area contributed by atoms with Crippen molar-refractivity contribution in [2.75, 3.05) is 17.5 Å². The molecule has 112 valence electrons. The van der Waals surface area contributed by atoms with Crippen LogP contribution < -0.4 is 4.90 Å². The van der Waals surface area contributed by atoms with E-state index in [4.69, 9.17) is 16.3 Å². The van der Waals surface area contributed by atoms with Gasteiger partial charge in [0.2, 0.25) is 5.91 Å². The van der Waals surface area contributed by atoms with E-state index in [-0.39, 0.29) is 18.5 Å². The molecule has 0 spiro atoms. The van der Waals surface area contributed by atoms with Crippen molar-refractivity contribution in [1.82, 2.24) is 0 Å². The molecular weight excluding hydrogens is 295 g/mol. The SMILES string of the molecule is CC(C)OCN(C(=O)CCl)c1ccccc1C(F)(F)F. The maximum atomic E-state index is 13.0. The van der Waals surface area contributed by atoms with Crippen LogP contribution in [0.2, 0.25) is 0 Å². The molecular formula is C13H15ClF3NO2. The predicted octanol–water partition coefficient (Wildman–Crippen LogP) is 3.66. The van der Waals surface area contributed by atoms with Gasteiger partial charge in [-0.2, -0.15) is 13.2 Å². The average Bonchev–Trinajstić information content (AvgIpc) is 2.37. The van der Waals surface area contributed by atoms with Crippen LogP contribution >= 0.6 is 11.6 Å². The highest BCUT2D eigenvalue weighted by molar-refractivity contribution is 6.29. The first kappa shape index (κ1) is 16.8. The number of alkyl halides is 4. The van der Waals surface area contributed by atoms with Gasteiger partial charge in [0.15, 0.2) is 0 Å². The fourth-order valence-corrected chi connectivity index (χ4v) is 1.66. The lowest BCUT2D eigenvalue weighted by Gasteiger charge is -2.26. The molecule has 20 heavy (non-hydrogen) atoms. The van der Waals surface area contributed by atoms with Crippen LogP contribution in [-0.4, -0.2) is 24.6 Å². The number of rotatable bonds is 5. The quantitative estimate of drug-likeness (QED) is 0.613. The van der Waals surface area contributed by atoms with Crippen LogP contribution in [-0.2, 0) is 15.7 Å². The maximum Gasteiger partial charge on any atom is 0.418 e. The molecule has 0 aliphatic carbocycles. The Kier molecular flexibility index (Phi) is 5.83. The number of halogens is 4. The molecule has 0 aliphatic rings. The highest BCUT2D eigenvalue weighted by atomic mass is 35.5. The summed E-state index contributed by atoms with van der Waals surface area (Å²) in [6.45, 7) is 3.16. The summed E-state index contributed by atoms with van der Waals surface area (Å²) in [6, 6.07) is 4.82. The van der Waals surface area contributed by atoms with Gasteiger partial charge in [-0.1, -0.05) is 12.1 Å². The lowest BCUT2D eigenvalue weighted by Crippen LogP contribution is -2.36. The third-order valence-electron chi connectivity index (χ3n) is 2.45. The topological polar surface area (TPSA) is 29.5 Å². The maximum absolute atomic E-state index is 13.0. The fourth-order valence-electron chi connectivity index (χ4n) is 1.52. The van der Waals surface area contributed by atoms with Crippen molar-refractivity contribution in [3.8, 4) is 0 Å². The van der Waals surface area contributed by atoms with E-state index in [9.17, 15) is 18.0 Å².